The van der Waals surface area contributed by atoms with Gasteiger partial charge in [0.15, 0.2) is 5.13 Å². The maximum atomic E-state index is 9.98. The lowest BCUT2D eigenvalue weighted by molar-refractivity contribution is 0.0292. The first-order valence-corrected chi connectivity index (χ1v) is 6.82. The summed E-state index contributed by atoms with van der Waals surface area (Å²) < 4.78 is 0. The molecule has 5 nitrogen and oxygen atoms in total. The first-order chi connectivity index (χ1) is 8.20. The number of nitrogens with two attached hydrogens (primary N) is 1. The molecule has 2 atom stereocenters. The number of nitrogens with one attached hydrogen (secondary N) is 1. The Labute approximate surface area is 106 Å². The largest absolute Gasteiger partial charge is 0.391 e. The molecule has 0 aliphatic heterocycles. The highest BCUT2D eigenvalue weighted by molar-refractivity contribution is 7.15. The highest BCUT2D eigenvalue weighted by atomic mass is 32.1. The summed E-state index contributed by atoms with van der Waals surface area (Å²) in [6, 6.07) is 0.278. The van der Waals surface area contributed by atoms with Gasteiger partial charge in [0.2, 0.25) is 0 Å². The van der Waals surface area contributed by atoms with Gasteiger partial charge in [-0.2, -0.15) is 0 Å². The van der Waals surface area contributed by atoms with Crippen LogP contribution in [0.3, 0.4) is 0 Å². The smallest absolute Gasteiger partial charge is 0.197 e. The normalized spacial score (nSPS) is 25.2. The molecule has 0 bridgehead atoms. The van der Waals surface area contributed by atoms with Gasteiger partial charge in [-0.1, -0.05) is 24.2 Å². The average molecular weight is 256 g/mol. The van der Waals surface area contributed by atoms with Crippen LogP contribution in [0.15, 0.2) is 6.20 Å². The fourth-order valence-corrected chi connectivity index (χ4v) is 3.20. The minimum Gasteiger partial charge on any atom is -0.391 e. The summed E-state index contributed by atoms with van der Waals surface area (Å²) in [4.78, 5) is 7.53. The van der Waals surface area contributed by atoms with Gasteiger partial charge in [-0.15, -0.1) is 0 Å². The standard InChI is InChI=1S/C11H20N4OS/c1-15(9-4-2-3-5-10(9)16)7-8-6-13-11(14-12)17-8/h6,9-10,16H,2-5,7,12H2,1H3,(H,13,14). The molecule has 1 fully saturated rings. The topological polar surface area (TPSA) is 74.4 Å². The predicted molar refractivity (Wildman–Crippen MR) is 69.7 cm³/mol. The molecular formula is C11H20N4OS. The molecule has 2 rings (SSSR count). The minimum absolute atomic E-state index is 0.186. The highest BCUT2D eigenvalue weighted by Crippen LogP contribution is 2.25. The zero-order valence-corrected chi connectivity index (χ0v) is 10.9. The van der Waals surface area contributed by atoms with Crippen LogP contribution in [0.4, 0.5) is 5.13 Å². The van der Waals surface area contributed by atoms with E-state index in [4.69, 9.17) is 5.84 Å². The fourth-order valence-electron chi connectivity index (χ4n) is 2.42. The van der Waals surface area contributed by atoms with E-state index in [2.05, 4.69) is 22.4 Å². The lowest BCUT2D eigenvalue weighted by Crippen LogP contribution is -2.42. The van der Waals surface area contributed by atoms with Gasteiger partial charge < -0.3 is 5.11 Å². The zero-order chi connectivity index (χ0) is 12.3. The number of rotatable bonds is 4. The monoisotopic (exact) mass is 256 g/mol. The second-order valence-electron chi connectivity index (χ2n) is 4.61. The van der Waals surface area contributed by atoms with E-state index in [1.165, 1.54) is 11.3 Å². The van der Waals surface area contributed by atoms with Crippen LogP contribution >= 0.6 is 11.3 Å². The highest BCUT2D eigenvalue weighted by Gasteiger charge is 2.26. The maximum absolute atomic E-state index is 9.98. The summed E-state index contributed by atoms with van der Waals surface area (Å²) in [5.74, 6) is 5.30. The van der Waals surface area contributed by atoms with Crippen LogP contribution in [0.1, 0.15) is 30.6 Å². The van der Waals surface area contributed by atoms with Crippen molar-refractivity contribution in [2.75, 3.05) is 12.5 Å². The van der Waals surface area contributed by atoms with Crippen LogP contribution in [0.25, 0.3) is 0 Å². The molecule has 6 heteroatoms. The van der Waals surface area contributed by atoms with Crippen molar-refractivity contribution in [2.45, 2.75) is 44.4 Å². The van der Waals surface area contributed by atoms with Crippen molar-refractivity contribution < 1.29 is 5.11 Å². The quantitative estimate of drug-likeness (QED) is 0.557. The van der Waals surface area contributed by atoms with Crippen LogP contribution in [0.5, 0.6) is 0 Å². The molecule has 17 heavy (non-hydrogen) atoms. The molecule has 0 saturated heterocycles. The van der Waals surface area contributed by atoms with Gasteiger partial charge in [-0.05, 0) is 19.9 Å². The molecule has 2 unspecified atom stereocenters. The molecule has 1 aliphatic rings. The summed E-state index contributed by atoms with van der Waals surface area (Å²) in [5, 5.41) is 10.7. The number of likely N-dealkylation sites (N-methyl/N-ethyl adjacent to an activating group) is 1. The Balaban J connectivity index is 1.93. The molecule has 0 spiro atoms. The SMILES string of the molecule is CN(Cc1cnc(NN)s1)C1CCCCC1O. The summed E-state index contributed by atoms with van der Waals surface area (Å²) in [6.07, 6.45) is 6.02. The van der Waals surface area contributed by atoms with E-state index >= 15 is 0 Å². The molecule has 1 aromatic rings. The van der Waals surface area contributed by atoms with E-state index in [0.717, 1.165) is 30.9 Å². The third-order valence-electron chi connectivity index (χ3n) is 3.34. The molecule has 1 aromatic heterocycles. The number of aliphatic hydroxyl groups is 1. The molecule has 0 amide bonds. The Bertz CT molecular complexity index is 357. The number of hydrazine groups is 1. The first kappa shape index (κ1) is 12.8. The molecular weight excluding hydrogens is 236 g/mol. The van der Waals surface area contributed by atoms with Crippen molar-refractivity contribution in [3.63, 3.8) is 0 Å². The molecule has 4 N–H and O–H groups in total. The third-order valence-corrected chi connectivity index (χ3v) is 4.26. The number of hydrogen-bond donors (Lipinski definition) is 3. The second kappa shape index (κ2) is 5.77. The zero-order valence-electron chi connectivity index (χ0n) is 10.1. The van der Waals surface area contributed by atoms with E-state index in [1.807, 2.05) is 6.20 Å². The lowest BCUT2D eigenvalue weighted by Gasteiger charge is -2.34. The predicted octanol–water partition coefficient (Wildman–Crippen LogP) is 1.16. The average Bonchev–Trinajstić information content (AvgIpc) is 2.77. The molecule has 1 saturated carbocycles. The molecule has 0 radical (unpaired) electrons. The van der Waals surface area contributed by atoms with E-state index in [0.29, 0.717) is 0 Å². The number of aliphatic hydroxyl groups excluding tert-OH is 1. The van der Waals surface area contributed by atoms with Crippen molar-refractivity contribution in [1.82, 2.24) is 9.88 Å². The fraction of sp³-hybridized carbons (Fsp3) is 0.727. The summed E-state index contributed by atoms with van der Waals surface area (Å²) >= 11 is 1.56. The summed E-state index contributed by atoms with van der Waals surface area (Å²) in [7, 11) is 2.06. The van der Waals surface area contributed by atoms with Gasteiger partial charge >= 0.3 is 0 Å². The number of nitrogen functional groups attached to an aromatic ring is 1. The Kier molecular flexibility index (Phi) is 4.33. The lowest BCUT2D eigenvalue weighted by atomic mass is 9.91. The first-order valence-electron chi connectivity index (χ1n) is 6.00. The van der Waals surface area contributed by atoms with Crippen molar-refractivity contribution in [3.05, 3.63) is 11.1 Å². The number of aromatic nitrogens is 1. The number of hydrogen-bond acceptors (Lipinski definition) is 6. The third kappa shape index (κ3) is 3.16. The van der Waals surface area contributed by atoms with Crippen molar-refractivity contribution in [1.29, 1.82) is 0 Å². The van der Waals surface area contributed by atoms with Gasteiger partial charge in [-0.25, -0.2) is 10.8 Å². The molecule has 0 aromatic carbocycles. The van der Waals surface area contributed by atoms with Crippen LogP contribution in [0, 0.1) is 0 Å². The van der Waals surface area contributed by atoms with E-state index in [1.54, 1.807) is 11.3 Å². The van der Waals surface area contributed by atoms with Gasteiger partial charge in [0, 0.05) is 23.7 Å². The van der Waals surface area contributed by atoms with Gasteiger partial charge in [0.25, 0.3) is 0 Å². The molecule has 96 valence electrons. The number of nitrogens with zero attached hydrogens (tertiary/aromatic N) is 2. The number of thiazole rings is 1. The van der Waals surface area contributed by atoms with E-state index < -0.39 is 0 Å². The Morgan fingerprint density at radius 3 is 3.00 bits per heavy atom. The van der Waals surface area contributed by atoms with Gasteiger partial charge in [0.1, 0.15) is 0 Å². The summed E-state index contributed by atoms with van der Waals surface area (Å²) in [6.45, 7) is 0.821. The van der Waals surface area contributed by atoms with Gasteiger partial charge in [0.05, 0.1) is 6.10 Å². The Morgan fingerprint density at radius 2 is 2.35 bits per heavy atom. The van der Waals surface area contributed by atoms with E-state index in [9.17, 15) is 5.11 Å². The second-order valence-corrected chi connectivity index (χ2v) is 5.73. The molecule has 1 heterocycles. The molecule has 1 aliphatic carbocycles. The maximum Gasteiger partial charge on any atom is 0.197 e. The van der Waals surface area contributed by atoms with Crippen molar-refractivity contribution >= 4 is 16.5 Å². The minimum atomic E-state index is -0.186. The Morgan fingerprint density at radius 1 is 1.59 bits per heavy atom. The van der Waals surface area contributed by atoms with Crippen LogP contribution < -0.4 is 11.3 Å². The van der Waals surface area contributed by atoms with E-state index in [-0.39, 0.29) is 12.1 Å². The van der Waals surface area contributed by atoms with Crippen molar-refractivity contribution in [3.8, 4) is 0 Å². The summed E-state index contributed by atoms with van der Waals surface area (Å²) in [5.41, 5.74) is 2.55. The van der Waals surface area contributed by atoms with Gasteiger partial charge in [-0.3, -0.25) is 10.3 Å². The van der Waals surface area contributed by atoms with Crippen LogP contribution in [0.2, 0.25) is 0 Å². The number of anilines is 1. The van der Waals surface area contributed by atoms with Crippen LogP contribution in [-0.4, -0.2) is 34.2 Å². The Hall–Kier alpha value is -0.690. The van der Waals surface area contributed by atoms with Crippen molar-refractivity contribution in [2.24, 2.45) is 5.84 Å². The van der Waals surface area contributed by atoms with Crippen LogP contribution in [-0.2, 0) is 6.54 Å².